The van der Waals surface area contributed by atoms with Crippen LogP contribution in [0.2, 0.25) is 0 Å². The molecule has 0 aromatic carbocycles. The maximum atomic E-state index is 13.7. The first-order chi connectivity index (χ1) is 16.2. The molecule has 11 heteroatoms. The number of piperidine rings is 1. The summed E-state index contributed by atoms with van der Waals surface area (Å²) in [6.45, 7) is 4.58. The number of carbonyl (C=O) groups excluding carboxylic acids is 1. The van der Waals surface area contributed by atoms with Crippen molar-refractivity contribution in [3.63, 3.8) is 0 Å². The summed E-state index contributed by atoms with van der Waals surface area (Å²) in [5.41, 5.74) is 0.357. The van der Waals surface area contributed by atoms with Gasteiger partial charge in [0.05, 0.1) is 11.5 Å². The first-order valence-electron chi connectivity index (χ1n) is 11.3. The van der Waals surface area contributed by atoms with Crippen molar-refractivity contribution in [2.75, 3.05) is 18.4 Å². The van der Waals surface area contributed by atoms with E-state index in [1.807, 2.05) is 17.9 Å². The largest absolute Gasteiger partial charge is 0.425 e. The molecule has 4 heterocycles. The number of carbonyl (C=O) groups is 1. The van der Waals surface area contributed by atoms with Crippen molar-refractivity contribution in [1.29, 1.82) is 0 Å². The van der Waals surface area contributed by atoms with Gasteiger partial charge in [0.2, 0.25) is 11.8 Å². The van der Waals surface area contributed by atoms with E-state index in [0.717, 1.165) is 30.8 Å². The molecule has 1 saturated carbocycles. The number of pyridine rings is 1. The standard InChI is InChI=1S/C23H25F3N6O2/c1-12-3-5-18(21-31-30-13(2)34-21)20(29-12)22(33)32-11-15-7-14(15)8-17(32)10-28-19-6-4-16(9-27-19)23(24,25)26/h3-4,6,9,14-15,17-18H,5,7-8,10-11H2,1-2H3,(H,27,28)/t14-,15+,17+,18?/m1/s1. The predicted molar refractivity (Wildman–Crippen MR) is 117 cm³/mol. The van der Waals surface area contributed by atoms with Crippen molar-refractivity contribution in [2.24, 2.45) is 16.8 Å². The Kier molecular flexibility index (Phi) is 5.65. The van der Waals surface area contributed by atoms with Gasteiger partial charge in [-0.25, -0.2) is 4.98 Å². The van der Waals surface area contributed by atoms with Crippen LogP contribution in [0.3, 0.4) is 0 Å². The Balaban J connectivity index is 1.33. The second kappa shape index (κ2) is 8.52. The quantitative estimate of drug-likeness (QED) is 0.705. The molecule has 5 rings (SSSR count). The maximum absolute atomic E-state index is 13.7. The van der Waals surface area contributed by atoms with Gasteiger partial charge in [-0.3, -0.25) is 9.79 Å². The van der Waals surface area contributed by atoms with E-state index >= 15 is 0 Å². The fourth-order valence-corrected chi connectivity index (χ4v) is 4.76. The number of nitrogens with zero attached hydrogens (tertiary/aromatic N) is 5. The van der Waals surface area contributed by atoms with Gasteiger partial charge in [-0.2, -0.15) is 13.2 Å². The molecule has 34 heavy (non-hydrogen) atoms. The minimum absolute atomic E-state index is 0.126. The lowest BCUT2D eigenvalue weighted by atomic mass is 9.93. The number of anilines is 1. The zero-order chi connectivity index (χ0) is 24.0. The molecule has 1 amide bonds. The third-order valence-electron chi connectivity index (χ3n) is 6.72. The van der Waals surface area contributed by atoms with Crippen LogP contribution in [-0.4, -0.2) is 50.8 Å². The van der Waals surface area contributed by atoms with E-state index in [-0.39, 0.29) is 11.9 Å². The second-order valence-electron chi connectivity index (χ2n) is 9.20. The van der Waals surface area contributed by atoms with Crippen molar-refractivity contribution in [1.82, 2.24) is 20.1 Å². The van der Waals surface area contributed by atoms with Crippen molar-refractivity contribution in [2.45, 2.75) is 51.2 Å². The minimum Gasteiger partial charge on any atom is -0.425 e. The Morgan fingerprint density at radius 2 is 2.03 bits per heavy atom. The number of fused-ring (bicyclic) bond motifs is 1. The van der Waals surface area contributed by atoms with Gasteiger partial charge in [0.15, 0.2) is 0 Å². The molecule has 0 radical (unpaired) electrons. The highest BCUT2D eigenvalue weighted by Gasteiger charge is 2.48. The van der Waals surface area contributed by atoms with Crippen LogP contribution >= 0.6 is 0 Å². The van der Waals surface area contributed by atoms with Crippen molar-refractivity contribution in [3.05, 3.63) is 47.4 Å². The van der Waals surface area contributed by atoms with E-state index in [9.17, 15) is 18.0 Å². The van der Waals surface area contributed by atoms with Gasteiger partial charge in [-0.05, 0) is 50.2 Å². The van der Waals surface area contributed by atoms with E-state index in [2.05, 4.69) is 25.5 Å². The highest BCUT2D eigenvalue weighted by molar-refractivity contribution is 6.41. The molecule has 8 nitrogen and oxygen atoms in total. The van der Waals surface area contributed by atoms with Crippen LogP contribution in [0.15, 0.2) is 39.5 Å². The summed E-state index contributed by atoms with van der Waals surface area (Å²) in [6.07, 6.45) is 0.790. The van der Waals surface area contributed by atoms with Gasteiger partial charge in [0.25, 0.3) is 5.91 Å². The summed E-state index contributed by atoms with van der Waals surface area (Å²) in [5.74, 6) is 1.63. The molecule has 3 aliphatic rings. The number of allylic oxidation sites excluding steroid dienone is 2. The molecule has 180 valence electrons. The molecule has 1 N–H and O–H groups in total. The van der Waals surface area contributed by atoms with Gasteiger partial charge in [0, 0.05) is 37.9 Å². The number of rotatable bonds is 5. The monoisotopic (exact) mass is 474 g/mol. The lowest BCUT2D eigenvalue weighted by Crippen LogP contribution is -2.51. The number of alkyl halides is 3. The third kappa shape index (κ3) is 4.55. The van der Waals surface area contributed by atoms with Crippen molar-refractivity contribution < 1.29 is 22.4 Å². The smallest absolute Gasteiger partial charge is 0.417 e. The number of aliphatic imine (C=N–C) groups is 1. The van der Waals surface area contributed by atoms with Gasteiger partial charge in [-0.15, -0.1) is 10.2 Å². The topological polar surface area (TPSA) is 96.5 Å². The minimum atomic E-state index is -4.43. The van der Waals surface area contributed by atoms with Crippen LogP contribution in [0.4, 0.5) is 19.0 Å². The first kappa shape index (κ1) is 22.5. The van der Waals surface area contributed by atoms with Crippen LogP contribution in [0, 0.1) is 18.8 Å². The predicted octanol–water partition coefficient (Wildman–Crippen LogP) is 3.97. The van der Waals surface area contributed by atoms with Crippen LogP contribution in [0.1, 0.15) is 49.4 Å². The summed E-state index contributed by atoms with van der Waals surface area (Å²) in [5, 5.41) is 11.1. The number of halogens is 3. The highest BCUT2D eigenvalue weighted by atomic mass is 19.4. The van der Waals surface area contributed by atoms with Crippen LogP contribution in [0.5, 0.6) is 0 Å². The molecule has 0 spiro atoms. The summed E-state index contributed by atoms with van der Waals surface area (Å²) < 4.78 is 44.0. The lowest BCUT2D eigenvalue weighted by Gasteiger charge is -2.37. The highest BCUT2D eigenvalue weighted by Crippen LogP contribution is 2.47. The van der Waals surface area contributed by atoms with Gasteiger partial charge in [0.1, 0.15) is 11.5 Å². The molecule has 2 aliphatic heterocycles. The normalized spacial score (nSPS) is 26.4. The van der Waals surface area contributed by atoms with Crippen LogP contribution < -0.4 is 5.32 Å². The average Bonchev–Trinajstić information content (AvgIpc) is 3.44. The van der Waals surface area contributed by atoms with Crippen molar-refractivity contribution in [3.8, 4) is 0 Å². The number of hydrogen-bond acceptors (Lipinski definition) is 7. The summed E-state index contributed by atoms with van der Waals surface area (Å²) in [6, 6.07) is 2.18. The van der Waals surface area contributed by atoms with E-state index < -0.39 is 17.7 Å². The summed E-state index contributed by atoms with van der Waals surface area (Å²) >= 11 is 0. The van der Waals surface area contributed by atoms with E-state index in [4.69, 9.17) is 4.42 Å². The van der Waals surface area contributed by atoms with Crippen molar-refractivity contribution >= 4 is 17.4 Å². The number of hydrogen-bond donors (Lipinski definition) is 1. The van der Waals surface area contributed by atoms with Gasteiger partial charge in [-0.1, -0.05) is 6.08 Å². The number of likely N-dealkylation sites (tertiary alicyclic amines) is 1. The van der Waals surface area contributed by atoms with E-state index in [1.54, 1.807) is 6.92 Å². The molecule has 2 aromatic heterocycles. The fourth-order valence-electron chi connectivity index (χ4n) is 4.76. The third-order valence-corrected chi connectivity index (χ3v) is 6.72. The Morgan fingerprint density at radius 1 is 1.21 bits per heavy atom. The maximum Gasteiger partial charge on any atom is 0.417 e. The lowest BCUT2D eigenvalue weighted by molar-refractivity contribution is -0.137. The van der Waals surface area contributed by atoms with Crippen LogP contribution in [-0.2, 0) is 11.0 Å². The van der Waals surface area contributed by atoms with Crippen LogP contribution in [0.25, 0.3) is 0 Å². The fraction of sp³-hybridized carbons (Fsp3) is 0.522. The zero-order valence-electron chi connectivity index (χ0n) is 18.8. The molecule has 1 unspecified atom stereocenters. The van der Waals surface area contributed by atoms with E-state index in [0.29, 0.717) is 54.7 Å². The second-order valence-corrected chi connectivity index (χ2v) is 9.20. The Morgan fingerprint density at radius 3 is 2.71 bits per heavy atom. The zero-order valence-corrected chi connectivity index (χ0v) is 18.8. The van der Waals surface area contributed by atoms with Gasteiger partial charge < -0.3 is 14.6 Å². The Labute approximate surface area is 194 Å². The Hall–Kier alpha value is -3.24. The molecular formula is C23H25F3N6O2. The molecule has 4 atom stereocenters. The van der Waals surface area contributed by atoms with Gasteiger partial charge >= 0.3 is 6.18 Å². The average molecular weight is 474 g/mol. The summed E-state index contributed by atoms with van der Waals surface area (Å²) in [7, 11) is 0. The molecular weight excluding hydrogens is 449 g/mol. The molecule has 0 bridgehead atoms. The molecule has 2 fully saturated rings. The molecule has 1 aliphatic carbocycles. The molecule has 1 saturated heterocycles. The molecule has 2 aromatic rings. The SMILES string of the molecule is CC1=CCC(c2nnc(C)o2)C(C(=O)N2C[C@@H]3C[C@@H]3C[C@H]2CNc2ccc(C(F)(F)F)cn2)=N1. The number of aromatic nitrogens is 3. The number of nitrogens with one attached hydrogen (secondary N) is 1. The summed E-state index contributed by atoms with van der Waals surface area (Å²) in [4.78, 5) is 24.0. The number of amides is 1. The Bertz CT molecular complexity index is 1140. The van der Waals surface area contributed by atoms with E-state index in [1.165, 1.54) is 6.07 Å². The number of aryl methyl sites for hydroxylation is 1. The first-order valence-corrected chi connectivity index (χ1v) is 11.3.